The van der Waals surface area contributed by atoms with E-state index in [-0.39, 0.29) is 5.92 Å². The predicted molar refractivity (Wildman–Crippen MR) is 104 cm³/mol. The summed E-state index contributed by atoms with van der Waals surface area (Å²) in [5, 5.41) is 22.7. The van der Waals surface area contributed by atoms with Crippen molar-refractivity contribution in [3.63, 3.8) is 0 Å². The van der Waals surface area contributed by atoms with Gasteiger partial charge in [0.05, 0.1) is 13.2 Å². The van der Waals surface area contributed by atoms with Crippen LogP contribution in [0, 0.1) is 0 Å². The average Bonchev–Trinajstić information content (AvgIpc) is 2.68. The second-order valence-electron chi connectivity index (χ2n) is 7.06. The van der Waals surface area contributed by atoms with E-state index in [9.17, 15) is 10.2 Å². The van der Waals surface area contributed by atoms with Crippen LogP contribution in [0.15, 0.2) is 48.5 Å². The fraction of sp³-hybridized carbons (Fsp3) is 0.429. The van der Waals surface area contributed by atoms with Gasteiger partial charge in [-0.1, -0.05) is 54.9 Å². The van der Waals surface area contributed by atoms with Gasteiger partial charge in [-0.3, -0.25) is 4.90 Å². The summed E-state index contributed by atoms with van der Waals surface area (Å²) in [5.41, 5.74) is 1.76. The molecule has 140 valence electrons. The molecule has 1 heterocycles. The van der Waals surface area contributed by atoms with Crippen LogP contribution in [0.3, 0.4) is 0 Å². The molecule has 4 nitrogen and oxygen atoms in total. The van der Waals surface area contributed by atoms with E-state index in [0.717, 1.165) is 16.7 Å². The number of rotatable bonds is 5. The Morgan fingerprint density at radius 1 is 1.08 bits per heavy atom. The Balaban J connectivity index is 1.91. The highest BCUT2D eigenvalue weighted by atomic mass is 35.5. The van der Waals surface area contributed by atoms with Gasteiger partial charge in [-0.05, 0) is 35.7 Å². The summed E-state index contributed by atoms with van der Waals surface area (Å²) in [5.74, 6) is -0.271. The van der Waals surface area contributed by atoms with Crippen molar-refractivity contribution in [2.24, 2.45) is 0 Å². The van der Waals surface area contributed by atoms with Crippen LogP contribution in [0.2, 0.25) is 5.02 Å². The minimum atomic E-state index is -1.31. The van der Waals surface area contributed by atoms with Crippen LogP contribution in [-0.2, 0) is 4.74 Å². The lowest BCUT2D eigenvalue weighted by molar-refractivity contribution is -0.167. The van der Waals surface area contributed by atoms with Gasteiger partial charge in [-0.25, -0.2) is 0 Å². The number of aliphatic hydroxyl groups excluding tert-OH is 1. The Hall–Kier alpha value is -1.43. The third kappa shape index (κ3) is 3.95. The van der Waals surface area contributed by atoms with E-state index in [2.05, 4.69) is 0 Å². The molecule has 1 aliphatic heterocycles. The number of aliphatic hydroxyl groups is 2. The summed E-state index contributed by atoms with van der Waals surface area (Å²) >= 11 is 6.01. The van der Waals surface area contributed by atoms with Gasteiger partial charge < -0.3 is 14.9 Å². The van der Waals surface area contributed by atoms with Crippen molar-refractivity contribution in [3.05, 3.63) is 59.1 Å². The fourth-order valence-electron chi connectivity index (χ4n) is 3.50. The second-order valence-corrected chi connectivity index (χ2v) is 7.50. The van der Waals surface area contributed by atoms with Crippen LogP contribution in [-0.4, -0.2) is 53.2 Å². The molecule has 0 amide bonds. The Morgan fingerprint density at radius 3 is 2.35 bits per heavy atom. The highest BCUT2D eigenvalue weighted by Crippen LogP contribution is 2.37. The van der Waals surface area contributed by atoms with Crippen LogP contribution in [0.4, 0.5) is 0 Å². The van der Waals surface area contributed by atoms with Crippen LogP contribution < -0.4 is 0 Å². The zero-order valence-corrected chi connectivity index (χ0v) is 16.0. The maximum absolute atomic E-state index is 11.2. The Morgan fingerprint density at radius 2 is 1.69 bits per heavy atom. The standard InChI is InChI=1S/C21H26ClNO3/c1-15(21(2,25)20(24)23-11-13-26-14-12-23)18-5-3-4-6-19(18)16-7-9-17(22)10-8-16/h3-10,15,20,24-25H,11-14H2,1-2H3. The first-order chi connectivity index (χ1) is 12.4. The number of hydrogen-bond donors (Lipinski definition) is 2. The molecule has 2 aromatic rings. The third-order valence-electron chi connectivity index (χ3n) is 5.37. The molecule has 3 atom stereocenters. The van der Waals surface area contributed by atoms with Gasteiger partial charge in [0.1, 0.15) is 11.8 Å². The predicted octanol–water partition coefficient (Wildman–Crippen LogP) is 3.51. The monoisotopic (exact) mass is 375 g/mol. The van der Waals surface area contributed by atoms with E-state index >= 15 is 0 Å². The lowest BCUT2D eigenvalue weighted by Crippen LogP contribution is -2.56. The Bertz CT molecular complexity index is 726. The highest BCUT2D eigenvalue weighted by Gasteiger charge is 2.41. The molecular weight excluding hydrogens is 350 g/mol. The van der Waals surface area contributed by atoms with E-state index in [1.54, 1.807) is 6.92 Å². The van der Waals surface area contributed by atoms with Gasteiger partial charge in [0, 0.05) is 24.0 Å². The van der Waals surface area contributed by atoms with E-state index in [1.807, 2.05) is 60.4 Å². The summed E-state index contributed by atoms with van der Waals surface area (Å²) in [4.78, 5) is 1.88. The third-order valence-corrected chi connectivity index (χ3v) is 5.63. The largest absolute Gasteiger partial charge is 0.385 e. The molecule has 0 aliphatic carbocycles. The Kier molecular flexibility index (Phi) is 6.00. The smallest absolute Gasteiger partial charge is 0.136 e. The molecule has 0 spiro atoms. The summed E-state index contributed by atoms with van der Waals surface area (Å²) in [6, 6.07) is 15.7. The first kappa shape index (κ1) is 19.3. The van der Waals surface area contributed by atoms with E-state index in [0.29, 0.717) is 31.3 Å². The van der Waals surface area contributed by atoms with Gasteiger partial charge in [0.25, 0.3) is 0 Å². The van der Waals surface area contributed by atoms with Crippen molar-refractivity contribution in [1.29, 1.82) is 0 Å². The zero-order valence-electron chi connectivity index (χ0n) is 15.2. The van der Waals surface area contributed by atoms with Crippen molar-refractivity contribution >= 4 is 11.6 Å². The number of morpholine rings is 1. The van der Waals surface area contributed by atoms with Crippen molar-refractivity contribution in [3.8, 4) is 11.1 Å². The summed E-state index contributed by atoms with van der Waals surface area (Å²) in [7, 11) is 0. The molecule has 1 fully saturated rings. The second kappa shape index (κ2) is 8.07. The van der Waals surface area contributed by atoms with Crippen LogP contribution in [0.5, 0.6) is 0 Å². The molecule has 2 aromatic carbocycles. The van der Waals surface area contributed by atoms with Crippen LogP contribution in [0.25, 0.3) is 11.1 Å². The van der Waals surface area contributed by atoms with Gasteiger partial charge in [0.15, 0.2) is 0 Å². The van der Waals surface area contributed by atoms with Gasteiger partial charge >= 0.3 is 0 Å². The van der Waals surface area contributed by atoms with E-state index < -0.39 is 11.8 Å². The van der Waals surface area contributed by atoms with E-state index in [1.165, 1.54) is 0 Å². The minimum absolute atomic E-state index is 0.271. The molecule has 1 saturated heterocycles. The zero-order chi connectivity index (χ0) is 18.7. The fourth-order valence-corrected chi connectivity index (χ4v) is 3.62. The van der Waals surface area contributed by atoms with Crippen molar-refractivity contribution in [2.75, 3.05) is 26.3 Å². The molecule has 0 bridgehead atoms. The number of hydrogen-bond acceptors (Lipinski definition) is 4. The number of halogens is 1. The van der Waals surface area contributed by atoms with Gasteiger partial charge in [0.2, 0.25) is 0 Å². The normalized spacial score (nSPS) is 20.3. The summed E-state index contributed by atoms with van der Waals surface area (Å²) < 4.78 is 5.35. The Labute approximate surface area is 160 Å². The number of nitrogens with zero attached hydrogens (tertiary/aromatic N) is 1. The lowest BCUT2D eigenvalue weighted by Gasteiger charge is -2.42. The maximum Gasteiger partial charge on any atom is 0.136 e. The van der Waals surface area contributed by atoms with Crippen molar-refractivity contribution < 1.29 is 14.9 Å². The SMILES string of the molecule is CC(c1ccccc1-c1ccc(Cl)cc1)C(C)(O)C(O)N1CCOCC1. The maximum atomic E-state index is 11.2. The molecular formula is C21H26ClNO3. The molecule has 26 heavy (non-hydrogen) atoms. The van der Waals surface area contributed by atoms with Crippen molar-refractivity contribution in [1.82, 2.24) is 4.90 Å². The molecule has 3 unspecified atom stereocenters. The van der Waals surface area contributed by atoms with Gasteiger partial charge in [-0.15, -0.1) is 0 Å². The summed E-state index contributed by atoms with van der Waals surface area (Å²) in [6.45, 7) is 6.03. The quantitative estimate of drug-likeness (QED) is 0.839. The molecule has 0 aromatic heterocycles. The van der Waals surface area contributed by atoms with E-state index in [4.69, 9.17) is 16.3 Å². The number of ether oxygens (including phenoxy) is 1. The first-order valence-corrected chi connectivity index (χ1v) is 9.36. The highest BCUT2D eigenvalue weighted by molar-refractivity contribution is 6.30. The molecule has 5 heteroatoms. The molecule has 2 N–H and O–H groups in total. The van der Waals surface area contributed by atoms with Gasteiger partial charge in [-0.2, -0.15) is 0 Å². The molecule has 0 radical (unpaired) electrons. The molecule has 1 aliphatic rings. The van der Waals surface area contributed by atoms with Crippen molar-refractivity contribution in [2.45, 2.75) is 31.6 Å². The first-order valence-electron chi connectivity index (χ1n) is 8.98. The lowest BCUT2D eigenvalue weighted by atomic mass is 9.79. The average molecular weight is 376 g/mol. The van der Waals surface area contributed by atoms with Crippen LogP contribution >= 0.6 is 11.6 Å². The molecule has 3 rings (SSSR count). The van der Waals surface area contributed by atoms with Crippen LogP contribution in [0.1, 0.15) is 25.3 Å². The molecule has 0 saturated carbocycles. The topological polar surface area (TPSA) is 52.9 Å². The number of benzene rings is 2. The minimum Gasteiger partial charge on any atom is -0.385 e. The summed E-state index contributed by atoms with van der Waals surface area (Å²) in [6.07, 6.45) is -0.959.